The summed E-state index contributed by atoms with van der Waals surface area (Å²) in [5.41, 5.74) is 0. The quantitative estimate of drug-likeness (QED) is 0.514. The maximum absolute atomic E-state index is 9.10. The van der Waals surface area contributed by atoms with Gasteiger partial charge in [-0.2, -0.15) is 0 Å². The second kappa shape index (κ2) is 3.25. The zero-order valence-corrected chi connectivity index (χ0v) is 4.16. The first-order valence-corrected chi connectivity index (χ1v) is 1.95. The molecule has 0 amide bonds. The zero-order valence-electron chi connectivity index (χ0n) is 2.65. The van der Waals surface area contributed by atoms with Gasteiger partial charge in [0.15, 0.2) is 0 Å². The third-order valence-corrected chi connectivity index (χ3v) is 0.315. The summed E-state index contributed by atoms with van der Waals surface area (Å²) in [7, 11) is 0. The molecule has 0 atom stereocenters. The lowest BCUT2D eigenvalue weighted by Gasteiger charge is -1.88. The van der Waals surface area contributed by atoms with Gasteiger partial charge in [-0.3, -0.25) is 0 Å². The minimum Gasteiger partial charge on any atom is -0.423 e. The summed E-state index contributed by atoms with van der Waals surface area (Å²) in [6.45, 7) is 1.05. The SMILES string of the molecule is O=[C]OC(Cl)Cl. The third kappa shape index (κ3) is 4.05. The van der Waals surface area contributed by atoms with Crippen LogP contribution in [0.4, 0.5) is 0 Å². The molecule has 0 bridgehead atoms. The molecule has 1 radical (unpaired) electrons. The Labute approximate surface area is 45.0 Å². The molecule has 0 N–H and O–H groups in total. The molecule has 0 aliphatic heterocycles. The molecule has 6 heavy (non-hydrogen) atoms. The van der Waals surface area contributed by atoms with E-state index in [9.17, 15) is 0 Å². The van der Waals surface area contributed by atoms with Gasteiger partial charge in [-0.1, -0.05) is 23.2 Å². The summed E-state index contributed by atoms with van der Waals surface area (Å²) in [4.78, 5) is 9.10. The van der Waals surface area contributed by atoms with Crippen molar-refractivity contribution >= 4 is 29.7 Å². The molecule has 0 fully saturated rings. The standard InChI is InChI=1S/C2HCl2O2/c3-2(4)6-1-5/h2H. The molecule has 35 valence electrons. The van der Waals surface area contributed by atoms with Gasteiger partial charge in [0.05, 0.1) is 0 Å². The van der Waals surface area contributed by atoms with E-state index in [1.807, 2.05) is 0 Å². The van der Waals surface area contributed by atoms with Gasteiger partial charge in [0.1, 0.15) is 0 Å². The molecule has 0 aromatic heterocycles. The Morgan fingerprint density at radius 1 is 1.67 bits per heavy atom. The highest BCUT2D eigenvalue weighted by Crippen LogP contribution is 1.99. The highest BCUT2D eigenvalue weighted by Gasteiger charge is 1.92. The Hall–Kier alpha value is 0.0500. The minimum atomic E-state index is -1.08. The van der Waals surface area contributed by atoms with Crippen molar-refractivity contribution < 1.29 is 9.53 Å². The van der Waals surface area contributed by atoms with Gasteiger partial charge in [0.25, 0.3) is 5.02 Å². The fourth-order valence-corrected chi connectivity index (χ4v) is 0.109. The van der Waals surface area contributed by atoms with Gasteiger partial charge in [-0.05, 0) is 0 Å². The summed E-state index contributed by atoms with van der Waals surface area (Å²) < 4.78 is 3.77. The molecule has 0 spiro atoms. The van der Waals surface area contributed by atoms with Crippen LogP contribution in [0.5, 0.6) is 0 Å². The van der Waals surface area contributed by atoms with E-state index in [4.69, 9.17) is 28.0 Å². The summed E-state index contributed by atoms with van der Waals surface area (Å²) in [6, 6.07) is 0. The fraction of sp³-hybridized carbons (Fsp3) is 0.500. The van der Waals surface area contributed by atoms with E-state index >= 15 is 0 Å². The van der Waals surface area contributed by atoms with Crippen LogP contribution in [0, 0.1) is 0 Å². The van der Waals surface area contributed by atoms with E-state index in [1.54, 1.807) is 0 Å². The first-order valence-electron chi connectivity index (χ1n) is 1.08. The Morgan fingerprint density at radius 3 is 2.17 bits per heavy atom. The first kappa shape index (κ1) is 6.05. The van der Waals surface area contributed by atoms with Crippen molar-refractivity contribution in [3.63, 3.8) is 0 Å². The van der Waals surface area contributed by atoms with Crippen molar-refractivity contribution in [2.45, 2.75) is 5.02 Å². The lowest BCUT2D eigenvalue weighted by atomic mass is 11.5. The minimum absolute atomic E-state index is 1.05. The molecule has 2 nitrogen and oxygen atoms in total. The van der Waals surface area contributed by atoms with Crippen LogP contribution in [-0.2, 0) is 9.53 Å². The Kier molecular flexibility index (Phi) is 3.28. The van der Waals surface area contributed by atoms with Crippen molar-refractivity contribution in [3.05, 3.63) is 0 Å². The maximum atomic E-state index is 9.10. The topological polar surface area (TPSA) is 26.3 Å². The van der Waals surface area contributed by atoms with E-state index in [2.05, 4.69) is 4.74 Å². The lowest BCUT2D eigenvalue weighted by Crippen LogP contribution is -1.90. The summed E-state index contributed by atoms with van der Waals surface area (Å²) in [5.74, 6) is 0. The summed E-state index contributed by atoms with van der Waals surface area (Å²) >= 11 is 9.72. The highest BCUT2D eigenvalue weighted by molar-refractivity contribution is 6.43. The molecule has 0 unspecified atom stereocenters. The monoisotopic (exact) mass is 127 g/mol. The number of halogens is 2. The van der Waals surface area contributed by atoms with Crippen LogP contribution in [0.3, 0.4) is 0 Å². The van der Waals surface area contributed by atoms with Gasteiger partial charge in [-0.25, -0.2) is 4.79 Å². The van der Waals surface area contributed by atoms with Crippen LogP contribution in [-0.4, -0.2) is 11.5 Å². The van der Waals surface area contributed by atoms with Crippen LogP contribution in [0.2, 0.25) is 0 Å². The summed E-state index contributed by atoms with van der Waals surface area (Å²) in [5, 5.41) is -1.08. The molecule has 0 heterocycles. The number of rotatable bonds is 2. The molecule has 0 saturated heterocycles. The van der Waals surface area contributed by atoms with Gasteiger partial charge < -0.3 is 4.74 Å². The van der Waals surface area contributed by atoms with Gasteiger partial charge in [0.2, 0.25) is 0 Å². The number of ether oxygens (including phenoxy) is 1. The fourth-order valence-electron chi connectivity index (χ4n) is 0.0364. The largest absolute Gasteiger partial charge is 0.423 e. The van der Waals surface area contributed by atoms with Crippen molar-refractivity contribution in [1.29, 1.82) is 0 Å². The number of carbonyl (C=O) groups excluding carboxylic acids is 1. The smallest absolute Gasteiger partial charge is 0.419 e. The number of hydrogen-bond donors (Lipinski definition) is 0. The Bertz CT molecular complexity index is 44.8. The molecule has 0 aromatic carbocycles. The lowest BCUT2D eigenvalue weighted by molar-refractivity contribution is 0.306. The van der Waals surface area contributed by atoms with E-state index in [-0.39, 0.29) is 0 Å². The predicted octanol–water partition coefficient (Wildman–Crippen LogP) is 0.831. The van der Waals surface area contributed by atoms with Crippen LogP contribution in [0.1, 0.15) is 0 Å². The molecule has 4 heteroatoms. The number of hydrogen-bond acceptors (Lipinski definition) is 2. The average Bonchev–Trinajstić information content (AvgIpc) is 1.35. The average molecular weight is 128 g/mol. The highest BCUT2D eigenvalue weighted by atomic mass is 35.5. The Morgan fingerprint density at radius 2 is 2.17 bits per heavy atom. The van der Waals surface area contributed by atoms with Gasteiger partial charge >= 0.3 is 6.47 Å². The molecule has 0 rings (SSSR count). The predicted molar refractivity (Wildman–Crippen MR) is 22.3 cm³/mol. The normalized spacial score (nSPS) is 8.50. The van der Waals surface area contributed by atoms with Crippen LogP contribution in [0.15, 0.2) is 0 Å². The number of alkyl halides is 2. The molecule has 0 aromatic rings. The van der Waals surface area contributed by atoms with E-state index in [0.29, 0.717) is 0 Å². The third-order valence-electron chi connectivity index (χ3n) is 0.137. The molecule has 0 aliphatic rings. The second-order valence-electron chi connectivity index (χ2n) is 0.462. The van der Waals surface area contributed by atoms with E-state index in [1.165, 1.54) is 0 Å². The second-order valence-corrected chi connectivity index (χ2v) is 1.48. The van der Waals surface area contributed by atoms with Crippen molar-refractivity contribution in [1.82, 2.24) is 0 Å². The van der Waals surface area contributed by atoms with Crippen molar-refractivity contribution in [3.8, 4) is 0 Å². The molecule has 0 saturated carbocycles. The zero-order chi connectivity index (χ0) is 4.99. The molecular weight excluding hydrogens is 127 g/mol. The molecule has 0 aliphatic carbocycles. The van der Waals surface area contributed by atoms with Crippen molar-refractivity contribution in [2.24, 2.45) is 0 Å². The van der Waals surface area contributed by atoms with Gasteiger partial charge in [-0.15, -0.1) is 0 Å². The summed E-state index contributed by atoms with van der Waals surface area (Å²) in [6.07, 6.45) is 0. The van der Waals surface area contributed by atoms with E-state index in [0.717, 1.165) is 6.47 Å². The van der Waals surface area contributed by atoms with Crippen LogP contribution < -0.4 is 0 Å². The van der Waals surface area contributed by atoms with Crippen molar-refractivity contribution in [2.75, 3.05) is 0 Å². The van der Waals surface area contributed by atoms with E-state index < -0.39 is 5.02 Å². The molecular formula is C2HCl2O2. The van der Waals surface area contributed by atoms with Crippen LogP contribution >= 0.6 is 23.2 Å². The van der Waals surface area contributed by atoms with Gasteiger partial charge in [0, 0.05) is 0 Å². The first-order chi connectivity index (χ1) is 2.77. The van der Waals surface area contributed by atoms with Crippen LogP contribution in [0.25, 0.3) is 0 Å². The Balaban J connectivity index is 2.81. The maximum Gasteiger partial charge on any atom is 0.419 e.